The third-order valence-corrected chi connectivity index (χ3v) is 6.99. The molecule has 4 aromatic rings. The molecule has 0 bridgehead atoms. The fourth-order valence-corrected chi connectivity index (χ4v) is 5.06. The number of anilines is 2. The molecular formula is C31H27ClN2O2. The van der Waals surface area contributed by atoms with E-state index in [9.17, 15) is 9.59 Å². The van der Waals surface area contributed by atoms with Crippen LogP contribution >= 0.6 is 11.6 Å². The van der Waals surface area contributed by atoms with Crippen LogP contribution < -0.4 is 9.80 Å². The standard InChI is InChI=1S/C31H27ClN2O2/c1-21-12-14-23(15-13-21)31(36)34(26-8-4-3-5-9-26)29-20-22(2)33(28-11-7-6-10-27(28)29)30(35)24-16-18-25(32)19-17-24/h3-19,22,29H,20H2,1-2H3/t22-,29-/m1/s1. The monoisotopic (exact) mass is 494 g/mol. The molecule has 0 fully saturated rings. The van der Waals surface area contributed by atoms with Gasteiger partial charge in [0.15, 0.2) is 0 Å². The van der Waals surface area contributed by atoms with Gasteiger partial charge in [-0.3, -0.25) is 9.59 Å². The summed E-state index contributed by atoms with van der Waals surface area (Å²) in [5.74, 6) is -0.146. The van der Waals surface area contributed by atoms with Crippen molar-refractivity contribution in [3.63, 3.8) is 0 Å². The van der Waals surface area contributed by atoms with Crippen molar-refractivity contribution in [2.45, 2.75) is 32.4 Å². The van der Waals surface area contributed by atoms with E-state index in [1.807, 2.05) is 103 Å². The maximum Gasteiger partial charge on any atom is 0.258 e. The summed E-state index contributed by atoms with van der Waals surface area (Å²) in [6.45, 7) is 4.05. The number of carbonyl (C=O) groups excluding carboxylic acids is 2. The highest BCUT2D eigenvalue weighted by atomic mass is 35.5. The number of para-hydroxylation sites is 2. The topological polar surface area (TPSA) is 40.6 Å². The highest BCUT2D eigenvalue weighted by molar-refractivity contribution is 6.30. The number of hydrogen-bond acceptors (Lipinski definition) is 2. The van der Waals surface area contributed by atoms with Crippen LogP contribution in [0.1, 0.15) is 51.2 Å². The van der Waals surface area contributed by atoms with Gasteiger partial charge in [0.25, 0.3) is 11.8 Å². The molecular weight excluding hydrogens is 468 g/mol. The SMILES string of the molecule is Cc1ccc(C(=O)N(c2ccccc2)[C@@H]2C[C@@H](C)N(C(=O)c3ccc(Cl)cc3)c3ccccc32)cc1. The molecule has 0 aliphatic carbocycles. The van der Waals surface area contributed by atoms with Crippen molar-refractivity contribution in [1.29, 1.82) is 0 Å². The first-order valence-corrected chi connectivity index (χ1v) is 12.4. The predicted octanol–water partition coefficient (Wildman–Crippen LogP) is 7.48. The molecule has 0 aromatic heterocycles. The number of carbonyl (C=O) groups is 2. The number of halogens is 1. The maximum absolute atomic E-state index is 14.0. The van der Waals surface area contributed by atoms with Crippen molar-refractivity contribution in [1.82, 2.24) is 0 Å². The molecule has 0 unspecified atom stereocenters. The molecule has 0 saturated carbocycles. The van der Waals surface area contributed by atoms with Gasteiger partial charge < -0.3 is 9.80 Å². The lowest BCUT2D eigenvalue weighted by atomic mass is 9.89. The molecule has 1 heterocycles. The van der Waals surface area contributed by atoms with Gasteiger partial charge in [0.2, 0.25) is 0 Å². The Morgan fingerprint density at radius 1 is 0.806 bits per heavy atom. The molecule has 0 radical (unpaired) electrons. The zero-order valence-corrected chi connectivity index (χ0v) is 21.0. The number of hydrogen-bond donors (Lipinski definition) is 0. The zero-order valence-electron chi connectivity index (χ0n) is 20.3. The van der Waals surface area contributed by atoms with Crippen LogP contribution in [0.4, 0.5) is 11.4 Å². The Hall–Kier alpha value is -3.89. The van der Waals surface area contributed by atoms with Crippen LogP contribution in [0.5, 0.6) is 0 Å². The molecule has 1 aliphatic rings. The fraction of sp³-hybridized carbons (Fsp3) is 0.161. The Morgan fingerprint density at radius 3 is 2.11 bits per heavy atom. The molecule has 0 spiro atoms. The Bertz CT molecular complexity index is 1380. The summed E-state index contributed by atoms with van der Waals surface area (Å²) in [5, 5.41) is 0.590. The number of amides is 2. The highest BCUT2D eigenvalue weighted by Crippen LogP contribution is 2.43. The minimum absolute atomic E-state index is 0.0642. The number of nitrogens with zero attached hydrogens (tertiary/aromatic N) is 2. The second kappa shape index (κ2) is 10.00. The van der Waals surface area contributed by atoms with Gasteiger partial charge in [-0.2, -0.15) is 0 Å². The summed E-state index contributed by atoms with van der Waals surface area (Å²) in [6.07, 6.45) is 0.600. The van der Waals surface area contributed by atoms with Crippen LogP contribution in [0, 0.1) is 6.92 Å². The first-order chi connectivity index (χ1) is 17.4. The molecule has 36 heavy (non-hydrogen) atoms. The molecule has 1 aliphatic heterocycles. The minimum Gasteiger partial charge on any atom is -0.305 e. The van der Waals surface area contributed by atoms with Crippen molar-refractivity contribution in [3.8, 4) is 0 Å². The number of benzene rings is 4. The van der Waals surface area contributed by atoms with E-state index < -0.39 is 0 Å². The first-order valence-electron chi connectivity index (χ1n) is 12.1. The van der Waals surface area contributed by atoms with Gasteiger partial charge in [-0.05, 0) is 80.4 Å². The molecule has 4 aromatic carbocycles. The number of aryl methyl sites for hydroxylation is 1. The molecule has 4 nitrogen and oxygen atoms in total. The Labute approximate surface area is 216 Å². The number of rotatable bonds is 4. The van der Waals surface area contributed by atoms with E-state index in [1.165, 1.54) is 0 Å². The third-order valence-electron chi connectivity index (χ3n) is 6.73. The van der Waals surface area contributed by atoms with Gasteiger partial charge in [0, 0.05) is 33.6 Å². The largest absolute Gasteiger partial charge is 0.305 e. The predicted molar refractivity (Wildman–Crippen MR) is 146 cm³/mol. The van der Waals surface area contributed by atoms with Gasteiger partial charge in [-0.15, -0.1) is 0 Å². The fourth-order valence-electron chi connectivity index (χ4n) is 4.93. The van der Waals surface area contributed by atoms with E-state index in [-0.39, 0.29) is 23.9 Å². The van der Waals surface area contributed by atoms with E-state index in [0.29, 0.717) is 22.6 Å². The lowest BCUT2D eigenvalue weighted by Gasteiger charge is -2.43. The quantitative estimate of drug-likeness (QED) is 0.295. The Kier molecular flexibility index (Phi) is 6.62. The van der Waals surface area contributed by atoms with Gasteiger partial charge >= 0.3 is 0 Å². The Balaban J connectivity index is 1.60. The van der Waals surface area contributed by atoms with Crippen LogP contribution in [0.25, 0.3) is 0 Å². The summed E-state index contributed by atoms with van der Waals surface area (Å²) in [7, 11) is 0. The van der Waals surface area contributed by atoms with Crippen molar-refractivity contribution in [2.75, 3.05) is 9.80 Å². The number of fused-ring (bicyclic) bond motifs is 1. The van der Waals surface area contributed by atoms with Crippen molar-refractivity contribution < 1.29 is 9.59 Å². The molecule has 2 atom stereocenters. The third kappa shape index (κ3) is 4.52. The lowest BCUT2D eigenvalue weighted by molar-refractivity contribution is 0.0965. The summed E-state index contributed by atoms with van der Waals surface area (Å²) < 4.78 is 0. The van der Waals surface area contributed by atoms with E-state index >= 15 is 0 Å². The summed E-state index contributed by atoms with van der Waals surface area (Å²) in [5.41, 5.74) is 4.91. The second-order valence-corrected chi connectivity index (χ2v) is 9.65. The van der Waals surface area contributed by atoms with E-state index in [1.54, 1.807) is 24.3 Å². The van der Waals surface area contributed by atoms with Crippen LogP contribution in [-0.4, -0.2) is 17.9 Å². The second-order valence-electron chi connectivity index (χ2n) is 9.22. The van der Waals surface area contributed by atoms with Gasteiger partial charge in [-0.1, -0.05) is 65.7 Å². The van der Waals surface area contributed by atoms with Crippen LogP contribution in [-0.2, 0) is 0 Å². The van der Waals surface area contributed by atoms with Crippen LogP contribution in [0.3, 0.4) is 0 Å². The average Bonchev–Trinajstić information content (AvgIpc) is 2.90. The summed E-state index contributed by atoms with van der Waals surface area (Å²) in [4.78, 5) is 31.3. The normalized spacial score (nSPS) is 16.8. The molecule has 2 amide bonds. The van der Waals surface area contributed by atoms with E-state index in [4.69, 9.17) is 11.6 Å². The molecule has 180 valence electrons. The minimum atomic E-state index is -0.235. The van der Waals surface area contributed by atoms with Gasteiger partial charge in [-0.25, -0.2) is 0 Å². The zero-order chi connectivity index (χ0) is 25.2. The van der Waals surface area contributed by atoms with Crippen molar-refractivity contribution >= 4 is 34.8 Å². The maximum atomic E-state index is 14.0. The smallest absolute Gasteiger partial charge is 0.258 e. The van der Waals surface area contributed by atoms with Crippen molar-refractivity contribution in [2.24, 2.45) is 0 Å². The van der Waals surface area contributed by atoms with E-state index in [2.05, 4.69) is 0 Å². The molecule has 5 heteroatoms. The first kappa shape index (κ1) is 23.8. The summed E-state index contributed by atoms with van der Waals surface area (Å²) in [6, 6.07) is 31.9. The van der Waals surface area contributed by atoms with Crippen molar-refractivity contribution in [3.05, 3.63) is 130 Å². The van der Waals surface area contributed by atoms with Gasteiger partial charge in [0.05, 0.1) is 6.04 Å². The molecule has 5 rings (SSSR count). The van der Waals surface area contributed by atoms with Gasteiger partial charge in [0.1, 0.15) is 0 Å². The lowest BCUT2D eigenvalue weighted by Crippen LogP contribution is -2.47. The molecule has 0 saturated heterocycles. The van der Waals surface area contributed by atoms with Crippen LogP contribution in [0.2, 0.25) is 5.02 Å². The van der Waals surface area contributed by atoms with E-state index in [0.717, 1.165) is 22.5 Å². The Morgan fingerprint density at radius 2 is 1.42 bits per heavy atom. The van der Waals surface area contributed by atoms with Crippen LogP contribution in [0.15, 0.2) is 103 Å². The average molecular weight is 495 g/mol. The highest BCUT2D eigenvalue weighted by Gasteiger charge is 2.39. The molecule has 0 N–H and O–H groups in total. The summed E-state index contributed by atoms with van der Waals surface area (Å²) >= 11 is 6.05.